The van der Waals surface area contributed by atoms with Crippen LogP contribution in [0.4, 0.5) is 17.6 Å². The van der Waals surface area contributed by atoms with Gasteiger partial charge in [0, 0.05) is 11.3 Å². The highest BCUT2D eigenvalue weighted by molar-refractivity contribution is 8.00. The van der Waals surface area contributed by atoms with Gasteiger partial charge in [-0.1, -0.05) is 0 Å². The lowest BCUT2D eigenvalue weighted by atomic mass is 10.2. The van der Waals surface area contributed by atoms with Crippen LogP contribution in [0.5, 0.6) is 0 Å². The van der Waals surface area contributed by atoms with Crippen LogP contribution >= 0.6 is 24.4 Å². The van der Waals surface area contributed by atoms with E-state index in [4.69, 9.17) is 0 Å². The van der Waals surface area contributed by atoms with Gasteiger partial charge in [0.25, 0.3) is 0 Å². The molecule has 0 fully saturated rings. The van der Waals surface area contributed by atoms with E-state index >= 15 is 0 Å². The third kappa shape index (κ3) is 2.42. The van der Waals surface area contributed by atoms with E-state index in [1.54, 1.807) is 0 Å². The van der Waals surface area contributed by atoms with Crippen molar-refractivity contribution in [3.8, 4) is 0 Å². The Kier molecular flexibility index (Phi) is 4.33. The molecule has 0 saturated heterocycles. The highest BCUT2D eigenvalue weighted by Gasteiger charge is 2.22. The smallest absolute Gasteiger partial charge is 0.175 e. The van der Waals surface area contributed by atoms with Gasteiger partial charge < -0.3 is 0 Å². The molecule has 15 heavy (non-hydrogen) atoms. The van der Waals surface area contributed by atoms with Crippen molar-refractivity contribution in [1.29, 1.82) is 0 Å². The molecule has 0 nitrogen and oxygen atoms in total. The van der Waals surface area contributed by atoms with Gasteiger partial charge in [-0.25, -0.2) is 17.6 Å². The molecule has 1 rings (SSSR count). The Morgan fingerprint density at radius 3 is 1.87 bits per heavy atom. The van der Waals surface area contributed by atoms with E-state index < -0.39 is 33.7 Å². The van der Waals surface area contributed by atoms with E-state index in [9.17, 15) is 17.6 Å². The maximum Gasteiger partial charge on any atom is 0.175 e. The molecule has 0 unspecified atom stereocenters. The molecule has 0 amide bonds. The van der Waals surface area contributed by atoms with Crippen LogP contribution in [0.2, 0.25) is 0 Å². The number of rotatable bonds is 3. The van der Waals surface area contributed by atoms with Crippen LogP contribution < -0.4 is 0 Å². The molecule has 0 spiro atoms. The standard InChI is InChI=1S/C9H8F4S2/c1-4-5(10)7(12)9(15-3-2-14)8(13)6(4)11/h14H,2-3H2,1H3. The lowest BCUT2D eigenvalue weighted by molar-refractivity contribution is 0.418. The SMILES string of the molecule is Cc1c(F)c(F)c(SCCS)c(F)c1F. The van der Waals surface area contributed by atoms with Gasteiger partial charge in [0.15, 0.2) is 23.3 Å². The van der Waals surface area contributed by atoms with Gasteiger partial charge in [0.2, 0.25) is 0 Å². The Hall–Kier alpha value is -0.360. The predicted octanol–water partition coefficient (Wildman–Crippen LogP) is 3.57. The first kappa shape index (κ1) is 12.7. The fourth-order valence-corrected chi connectivity index (χ4v) is 2.00. The lowest BCUT2D eigenvalue weighted by Gasteiger charge is -2.08. The van der Waals surface area contributed by atoms with Crippen LogP contribution in [-0.2, 0) is 0 Å². The van der Waals surface area contributed by atoms with Crippen LogP contribution in [0, 0.1) is 30.2 Å². The summed E-state index contributed by atoms with van der Waals surface area (Å²) in [4.78, 5) is -0.621. The molecule has 1 aromatic rings. The van der Waals surface area contributed by atoms with E-state index in [1.807, 2.05) is 0 Å². The minimum atomic E-state index is -1.34. The fourth-order valence-electron chi connectivity index (χ4n) is 0.996. The van der Waals surface area contributed by atoms with E-state index in [2.05, 4.69) is 12.6 Å². The summed E-state index contributed by atoms with van der Waals surface area (Å²) in [5.74, 6) is -4.71. The Labute approximate surface area is 94.5 Å². The minimum Gasteiger partial charge on any atom is -0.203 e. The summed E-state index contributed by atoms with van der Waals surface area (Å²) in [5.41, 5.74) is -0.639. The van der Waals surface area contributed by atoms with Crippen molar-refractivity contribution in [2.24, 2.45) is 0 Å². The largest absolute Gasteiger partial charge is 0.203 e. The average molecular weight is 256 g/mol. The molecule has 6 heteroatoms. The number of halogens is 4. The van der Waals surface area contributed by atoms with E-state index in [0.717, 1.165) is 6.92 Å². The third-order valence-electron chi connectivity index (χ3n) is 1.78. The van der Waals surface area contributed by atoms with Gasteiger partial charge in [-0.2, -0.15) is 12.6 Å². The number of benzene rings is 1. The third-order valence-corrected chi connectivity index (χ3v) is 3.36. The Bertz CT molecular complexity index is 350. The summed E-state index contributed by atoms with van der Waals surface area (Å²) >= 11 is 4.54. The van der Waals surface area contributed by atoms with Crippen LogP contribution in [0.3, 0.4) is 0 Å². The first-order valence-corrected chi connectivity index (χ1v) is 5.68. The Morgan fingerprint density at radius 1 is 1.00 bits per heavy atom. The van der Waals surface area contributed by atoms with E-state index in [0.29, 0.717) is 17.5 Å². The summed E-state index contributed by atoms with van der Waals surface area (Å²) < 4.78 is 52.5. The molecule has 1 aromatic carbocycles. The second-order valence-electron chi connectivity index (χ2n) is 2.78. The zero-order valence-electron chi connectivity index (χ0n) is 7.78. The highest BCUT2D eigenvalue weighted by Crippen LogP contribution is 2.30. The van der Waals surface area contributed by atoms with E-state index in [-0.39, 0.29) is 5.75 Å². The van der Waals surface area contributed by atoms with Gasteiger partial charge in [-0.3, -0.25) is 0 Å². The topological polar surface area (TPSA) is 0 Å². The summed E-state index contributed by atoms with van der Waals surface area (Å²) in [6.07, 6.45) is 0. The van der Waals surface area contributed by atoms with Crippen molar-refractivity contribution in [1.82, 2.24) is 0 Å². The van der Waals surface area contributed by atoms with Crippen LogP contribution in [0.15, 0.2) is 4.90 Å². The highest BCUT2D eigenvalue weighted by atomic mass is 32.2. The first-order chi connectivity index (χ1) is 7.00. The quantitative estimate of drug-likeness (QED) is 0.373. The van der Waals surface area contributed by atoms with Crippen molar-refractivity contribution in [3.05, 3.63) is 28.8 Å². The molecule has 0 bridgehead atoms. The van der Waals surface area contributed by atoms with Crippen molar-refractivity contribution in [2.75, 3.05) is 11.5 Å². The van der Waals surface area contributed by atoms with Crippen molar-refractivity contribution >= 4 is 24.4 Å². The summed E-state index contributed by atoms with van der Waals surface area (Å²) in [7, 11) is 0. The van der Waals surface area contributed by atoms with Gasteiger partial charge in [0.1, 0.15) is 0 Å². The molecule has 0 N–H and O–H groups in total. The van der Waals surface area contributed by atoms with Crippen LogP contribution in [0.1, 0.15) is 5.56 Å². The zero-order valence-corrected chi connectivity index (χ0v) is 9.49. The fraction of sp³-hybridized carbons (Fsp3) is 0.333. The normalized spacial score (nSPS) is 10.8. The molecule has 0 saturated carbocycles. The maximum atomic E-state index is 13.2. The molecule has 0 aliphatic heterocycles. The monoisotopic (exact) mass is 256 g/mol. The number of hydrogen-bond acceptors (Lipinski definition) is 2. The lowest BCUT2D eigenvalue weighted by Crippen LogP contribution is -2.02. The Balaban J connectivity index is 3.26. The van der Waals surface area contributed by atoms with Crippen LogP contribution in [-0.4, -0.2) is 11.5 Å². The maximum absolute atomic E-state index is 13.2. The van der Waals surface area contributed by atoms with E-state index in [1.165, 1.54) is 0 Å². The average Bonchev–Trinajstić information content (AvgIpc) is 2.24. The number of thiol groups is 1. The van der Waals surface area contributed by atoms with Crippen molar-refractivity contribution in [2.45, 2.75) is 11.8 Å². The van der Waals surface area contributed by atoms with Gasteiger partial charge in [0.05, 0.1) is 4.90 Å². The number of thioether (sulfide) groups is 1. The second kappa shape index (κ2) is 5.12. The van der Waals surface area contributed by atoms with Gasteiger partial charge in [-0.15, -0.1) is 11.8 Å². The molecule has 0 aliphatic carbocycles. The molecular weight excluding hydrogens is 248 g/mol. The predicted molar refractivity (Wildman–Crippen MR) is 55.6 cm³/mol. The van der Waals surface area contributed by atoms with Gasteiger partial charge in [-0.05, 0) is 12.7 Å². The molecule has 0 aromatic heterocycles. The van der Waals surface area contributed by atoms with Crippen molar-refractivity contribution in [3.63, 3.8) is 0 Å². The Morgan fingerprint density at radius 2 is 1.47 bits per heavy atom. The minimum absolute atomic E-state index is 0.277. The zero-order chi connectivity index (χ0) is 11.6. The molecular formula is C9H8F4S2. The second-order valence-corrected chi connectivity index (χ2v) is 4.33. The molecule has 0 heterocycles. The van der Waals surface area contributed by atoms with Crippen molar-refractivity contribution < 1.29 is 17.6 Å². The van der Waals surface area contributed by atoms with Crippen LogP contribution in [0.25, 0.3) is 0 Å². The summed E-state index contributed by atoms with van der Waals surface area (Å²) in [6.45, 7) is 0.990. The van der Waals surface area contributed by atoms with Gasteiger partial charge >= 0.3 is 0 Å². The molecule has 84 valence electrons. The molecule has 0 aliphatic rings. The molecule has 0 atom stereocenters. The molecule has 0 radical (unpaired) electrons. The summed E-state index contributed by atoms with van der Waals surface area (Å²) in [5, 5.41) is 0. The summed E-state index contributed by atoms with van der Waals surface area (Å²) in [6, 6.07) is 0. The first-order valence-electron chi connectivity index (χ1n) is 4.06. The number of hydrogen-bond donors (Lipinski definition) is 1.